The van der Waals surface area contributed by atoms with Crippen molar-refractivity contribution in [1.29, 1.82) is 0 Å². The molecular formula is C16H25NO2. The van der Waals surface area contributed by atoms with E-state index in [4.69, 9.17) is 4.74 Å². The van der Waals surface area contributed by atoms with Crippen molar-refractivity contribution in [2.75, 3.05) is 11.9 Å². The predicted octanol–water partition coefficient (Wildman–Crippen LogP) is 3.86. The molecule has 0 spiro atoms. The topological polar surface area (TPSA) is 38.3 Å². The lowest BCUT2D eigenvalue weighted by atomic mass is 9.91. The molecule has 1 unspecified atom stereocenters. The second-order valence-corrected chi connectivity index (χ2v) is 5.48. The minimum atomic E-state index is -0.665. The monoisotopic (exact) mass is 263 g/mol. The summed E-state index contributed by atoms with van der Waals surface area (Å²) in [6.45, 7) is 8.48. The zero-order valence-electron chi connectivity index (χ0n) is 12.4. The molecule has 0 amide bonds. The van der Waals surface area contributed by atoms with Crippen molar-refractivity contribution in [2.24, 2.45) is 5.92 Å². The minimum Gasteiger partial charge on any atom is -0.464 e. The third-order valence-electron chi connectivity index (χ3n) is 3.14. The second kappa shape index (κ2) is 7.17. The SMILES string of the molecule is CCOC(=O)C(C)(CCC(C)C)Nc1ccccc1. The third kappa shape index (κ3) is 4.93. The van der Waals surface area contributed by atoms with Gasteiger partial charge in [-0.15, -0.1) is 0 Å². The van der Waals surface area contributed by atoms with Crippen molar-refractivity contribution >= 4 is 11.7 Å². The molecule has 0 saturated carbocycles. The Bertz CT molecular complexity index is 389. The lowest BCUT2D eigenvalue weighted by molar-refractivity contribution is -0.148. The molecule has 0 bridgehead atoms. The molecule has 0 saturated heterocycles. The van der Waals surface area contributed by atoms with Crippen LogP contribution >= 0.6 is 0 Å². The first-order valence-corrected chi connectivity index (χ1v) is 6.98. The first-order chi connectivity index (χ1) is 8.98. The molecule has 0 heterocycles. The number of hydrogen-bond donors (Lipinski definition) is 1. The summed E-state index contributed by atoms with van der Waals surface area (Å²) in [5.41, 5.74) is 0.281. The normalized spacial score (nSPS) is 13.9. The Labute approximate surface area is 116 Å². The molecule has 19 heavy (non-hydrogen) atoms. The van der Waals surface area contributed by atoms with Gasteiger partial charge in [0, 0.05) is 5.69 Å². The fourth-order valence-corrected chi connectivity index (χ4v) is 1.92. The number of carbonyl (C=O) groups is 1. The van der Waals surface area contributed by atoms with Crippen molar-refractivity contribution in [1.82, 2.24) is 0 Å². The Hall–Kier alpha value is -1.51. The summed E-state index contributed by atoms with van der Waals surface area (Å²) in [5, 5.41) is 3.32. The van der Waals surface area contributed by atoms with Crippen LogP contribution in [0.3, 0.4) is 0 Å². The van der Waals surface area contributed by atoms with Gasteiger partial charge in [-0.3, -0.25) is 0 Å². The molecule has 1 atom stereocenters. The molecule has 0 aliphatic heterocycles. The number of esters is 1. The van der Waals surface area contributed by atoms with Crippen molar-refractivity contribution in [2.45, 2.75) is 46.1 Å². The highest BCUT2D eigenvalue weighted by Gasteiger charge is 2.34. The van der Waals surface area contributed by atoms with E-state index in [1.165, 1.54) is 0 Å². The van der Waals surface area contributed by atoms with Gasteiger partial charge in [0.1, 0.15) is 5.54 Å². The van der Waals surface area contributed by atoms with Gasteiger partial charge in [0.05, 0.1) is 6.61 Å². The Morgan fingerprint density at radius 1 is 1.32 bits per heavy atom. The van der Waals surface area contributed by atoms with E-state index in [2.05, 4.69) is 19.2 Å². The second-order valence-electron chi connectivity index (χ2n) is 5.48. The van der Waals surface area contributed by atoms with Crippen LogP contribution < -0.4 is 5.32 Å². The van der Waals surface area contributed by atoms with Crippen LogP contribution in [0, 0.1) is 5.92 Å². The van der Waals surface area contributed by atoms with E-state index in [0.717, 1.165) is 18.5 Å². The summed E-state index contributed by atoms with van der Waals surface area (Å²) in [6, 6.07) is 9.80. The maximum atomic E-state index is 12.2. The zero-order chi connectivity index (χ0) is 14.3. The summed E-state index contributed by atoms with van der Waals surface area (Å²) < 4.78 is 5.21. The fraction of sp³-hybridized carbons (Fsp3) is 0.562. The maximum absolute atomic E-state index is 12.2. The zero-order valence-corrected chi connectivity index (χ0v) is 12.4. The fourth-order valence-electron chi connectivity index (χ4n) is 1.92. The highest BCUT2D eigenvalue weighted by molar-refractivity contribution is 5.84. The van der Waals surface area contributed by atoms with E-state index in [-0.39, 0.29) is 5.97 Å². The lowest BCUT2D eigenvalue weighted by Gasteiger charge is -2.30. The van der Waals surface area contributed by atoms with Crippen LogP contribution in [0.2, 0.25) is 0 Å². The van der Waals surface area contributed by atoms with Crippen molar-refractivity contribution in [3.63, 3.8) is 0 Å². The summed E-state index contributed by atoms with van der Waals surface area (Å²) in [7, 11) is 0. The van der Waals surface area contributed by atoms with Crippen LogP contribution in [0.4, 0.5) is 5.69 Å². The van der Waals surface area contributed by atoms with Crippen molar-refractivity contribution < 1.29 is 9.53 Å². The van der Waals surface area contributed by atoms with E-state index in [1.54, 1.807) is 0 Å². The lowest BCUT2D eigenvalue weighted by Crippen LogP contribution is -2.45. The number of ether oxygens (including phenoxy) is 1. The van der Waals surface area contributed by atoms with Gasteiger partial charge in [-0.05, 0) is 44.7 Å². The largest absolute Gasteiger partial charge is 0.464 e. The van der Waals surface area contributed by atoms with Gasteiger partial charge < -0.3 is 10.1 Å². The molecule has 0 aromatic heterocycles. The molecule has 0 radical (unpaired) electrons. The first-order valence-electron chi connectivity index (χ1n) is 6.98. The molecule has 1 aromatic carbocycles. The molecule has 1 aromatic rings. The highest BCUT2D eigenvalue weighted by atomic mass is 16.5. The van der Waals surface area contributed by atoms with Gasteiger partial charge in [0.2, 0.25) is 0 Å². The van der Waals surface area contributed by atoms with E-state index in [9.17, 15) is 4.79 Å². The number of anilines is 1. The van der Waals surface area contributed by atoms with Crippen LogP contribution in [-0.4, -0.2) is 18.1 Å². The number of nitrogens with one attached hydrogen (secondary N) is 1. The molecule has 106 valence electrons. The van der Waals surface area contributed by atoms with Crippen LogP contribution in [-0.2, 0) is 9.53 Å². The van der Waals surface area contributed by atoms with Gasteiger partial charge in [0.25, 0.3) is 0 Å². The van der Waals surface area contributed by atoms with Crippen LogP contribution in [0.15, 0.2) is 30.3 Å². The smallest absolute Gasteiger partial charge is 0.331 e. The molecule has 0 aliphatic carbocycles. The molecule has 3 heteroatoms. The van der Waals surface area contributed by atoms with Gasteiger partial charge in [-0.2, -0.15) is 0 Å². The molecule has 0 fully saturated rings. The summed E-state index contributed by atoms with van der Waals surface area (Å²) in [6.07, 6.45) is 1.74. The Balaban J connectivity index is 2.81. The van der Waals surface area contributed by atoms with Crippen LogP contribution in [0.1, 0.15) is 40.5 Å². The summed E-state index contributed by atoms with van der Waals surface area (Å²) in [5.74, 6) is 0.380. The third-order valence-corrected chi connectivity index (χ3v) is 3.14. The Kier molecular flexibility index (Phi) is 5.87. The average Bonchev–Trinajstić information content (AvgIpc) is 2.38. The minimum absolute atomic E-state index is 0.181. The number of carbonyl (C=O) groups excluding carboxylic acids is 1. The Morgan fingerprint density at radius 3 is 2.47 bits per heavy atom. The molecule has 0 aliphatic rings. The quantitative estimate of drug-likeness (QED) is 0.759. The Morgan fingerprint density at radius 2 is 1.95 bits per heavy atom. The summed E-state index contributed by atoms with van der Waals surface area (Å²) in [4.78, 5) is 12.2. The number of hydrogen-bond acceptors (Lipinski definition) is 3. The van der Waals surface area contributed by atoms with Crippen LogP contribution in [0.25, 0.3) is 0 Å². The number of benzene rings is 1. The molecule has 3 nitrogen and oxygen atoms in total. The molecular weight excluding hydrogens is 238 g/mol. The molecule has 1 rings (SSSR count). The predicted molar refractivity (Wildman–Crippen MR) is 79.2 cm³/mol. The summed E-state index contributed by atoms with van der Waals surface area (Å²) >= 11 is 0. The highest BCUT2D eigenvalue weighted by Crippen LogP contribution is 2.23. The van der Waals surface area contributed by atoms with E-state index < -0.39 is 5.54 Å². The van der Waals surface area contributed by atoms with E-state index in [0.29, 0.717) is 12.5 Å². The van der Waals surface area contributed by atoms with Gasteiger partial charge in [0.15, 0.2) is 0 Å². The van der Waals surface area contributed by atoms with Gasteiger partial charge >= 0.3 is 5.97 Å². The van der Waals surface area contributed by atoms with Crippen molar-refractivity contribution in [3.8, 4) is 0 Å². The van der Waals surface area contributed by atoms with E-state index >= 15 is 0 Å². The maximum Gasteiger partial charge on any atom is 0.331 e. The standard InChI is InChI=1S/C16H25NO2/c1-5-19-15(18)16(4,12-11-13(2)3)17-14-9-7-6-8-10-14/h6-10,13,17H,5,11-12H2,1-4H3. The van der Waals surface area contributed by atoms with Gasteiger partial charge in [-0.25, -0.2) is 4.79 Å². The van der Waals surface area contributed by atoms with Crippen molar-refractivity contribution in [3.05, 3.63) is 30.3 Å². The average molecular weight is 263 g/mol. The van der Waals surface area contributed by atoms with Gasteiger partial charge in [-0.1, -0.05) is 32.0 Å². The van der Waals surface area contributed by atoms with Crippen LogP contribution in [0.5, 0.6) is 0 Å². The number of para-hydroxylation sites is 1. The molecule has 1 N–H and O–H groups in total. The number of rotatable bonds is 7. The van der Waals surface area contributed by atoms with E-state index in [1.807, 2.05) is 44.2 Å². The first kappa shape index (κ1) is 15.5.